The highest BCUT2D eigenvalue weighted by atomic mass is 16.5. The number of nitrogens with one attached hydrogen (secondary N) is 1. The number of rotatable bonds is 6. The standard InChI is InChI=1S/C16H24N2O3/c1-3-21-14-8-6-7-13(15(14)19)11-17-12(2)16(20)18-9-4-5-10-18/h6-8,12,17,19H,3-5,9-11H2,1-2H3. The van der Waals surface area contributed by atoms with Crippen LogP contribution in [0.15, 0.2) is 18.2 Å². The van der Waals surface area contributed by atoms with Crippen molar-refractivity contribution < 1.29 is 14.6 Å². The maximum atomic E-state index is 12.2. The Morgan fingerprint density at radius 2 is 2.14 bits per heavy atom. The summed E-state index contributed by atoms with van der Waals surface area (Å²) < 4.78 is 5.36. The van der Waals surface area contributed by atoms with Gasteiger partial charge in [0.15, 0.2) is 11.5 Å². The number of para-hydroxylation sites is 1. The average molecular weight is 292 g/mol. The van der Waals surface area contributed by atoms with Gasteiger partial charge in [-0.2, -0.15) is 0 Å². The molecule has 1 atom stereocenters. The second-order valence-corrected chi connectivity index (χ2v) is 5.33. The Morgan fingerprint density at radius 3 is 2.81 bits per heavy atom. The van der Waals surface area contributed by atoms with Gasteiger partial charge in [0.1, 0.15) is 0 Å². The molecule has 1 unspecified atom stereocenters. The lowest BCUT2D eigenvalue weighted by Gasteiger charge is -2.21. The fraction of sp³-hybridized carbons (Fsp3) is 0.562. The second kappa shape index (κ2) is 7.31. The van der Waals surface area contributed by atoms with Gasteiger partial charge in [-0.25, -0.2) is 0 Å². The molecule has 1 aliphatic heterocycles. The average Bonchev–Trinajstić information content (AvgIpc) is 3.01. The van der Waals surface area contributed by atoms with E-state index in [9.17, 15) is 9.90 Å². The summed E-state index contributed by atoms with van der Waals surface area (Å²) in [7, 11) is 0. The molecule has 21 heavy (non-hydrogen) atoms. The maximum absolute atomic E-state index is 12.2. The SMILES string of the molecule is CCOc1cccc(CNC(C)C(=O)N2CCCC2)c1O. The third-order valence-electron chi connectivity index (χ3n) is 3.77. The molecule has 0 aromatic heterocycles. The Hall–Kier alpha value is -1.75. The van der Waals surface area contributed by atoms with Gasteiger partial charge in [0.25, 0.3) is 0 Å². The molecule has 0 radical (unpaired) electrons. The van der Waals surface area contributed by atoms with Crippen LogP contribution in [-0.4, -0.2) is 41.7 Å². The summed E-state index contributed by atoms with van der Waals surface area (Å²) in [5.74, 6) is 0.760. The van der Waals surface area contributed by atoms with Gasteiger partial charge in [-0.05, 0) is 32.8 Å². The van der Waals surface area contributed by atoms with E-state index in [4.69, 9.17) is 4.74 Å². The summed E-state index contributed by atoms with van der Waals surface area (Å²) >= 11 is 0. The first-order chi connectivity index (χ1) is 10.1. The molecule has 2 N–H and O–H groups in total. The molecule has 1 aromatic rings. The second-order valence-electron chi connectivity index (χ2n) is 5.33. The topological polar surface area (TPSA) is 61.8 Å². The van der Waals surface area contributed by atoms with Crippen LogP contribution in [0.3, 0.4) is 0 Å². The van der Waals surface area contributed by atoms with E-state index in [1.54, 1.807) is 6.07 Å². The minimum atomic E-state index is -0.252. The molecule has 1 heterocycles. The number of benzene rings is 1. The minimum absolute atomic E-state index is 0.132. The van der Waals surface area contributed by atoms with E-state index >= 15 is 0 Å². The fourth-order valence-corrected chi connectivity index (χ4v) is 2.54. The fourth-order valence-electron chi connectivity index (χ4n) is 2.54. The number of carbonyl (C=O) groups is 1. The zero-order valence-electron chi connectivity index (χ0n) is 12.8. The third kappa shape index (κ3) is 3.88. The van der Waals surface area contributed by atoms with Crippen molar-refractivity contribution in [2.75, 3.05) is 19.7 Å². The molecule has 5 heteroatoms. The summed E-state index contributed by atoms with van der Waals surface area (Å²) in [5, 5.41) is 13.3. The zero-order chi connectivity index (χ0) is 15.2. The molecule has 1 amide bonds. The third-order valence-corrected chi connectivity index (χ3v) is 3.77. The zero-order valence-corrected chi connectivity index (χ0v) is 12.8. The van der Waals surface area contributed by atoms with Gasteiger partial charge >= 0.3 is 0 Å². The van der Waals surface area contributed by atoms with Crippen LogP contribution in [-0.2, 0) is 11.3 Å². The first kappa shape index (κ1) is 15.6. The van der Waals surface area contributed by atoms with E-state index < -0.39 is 0 Å². The number of phenolic OH excluding ortho intramolecular Hbond substituents is 1. The Bertz CT molecular complexity index is 484. The van der Waals surface area contributed by atoms with E-state index in [1.165, 1.54) is 0 Å². The summed E-state index contributed by atoms with van der Waals surface area (Å²) in [4.78, 5) is 14.1. The van der Waals surface area contributed by atoms with Crippen molar-refractivity contribution in [2.24, 2.45) is 0 Å². The summed E-state index contributed by atoms with van der Waals surface area (Å²) in [6.45, 7) is 6.40. The quantitative estimate of drug-likeness (QED) is 0.840. The molecule has 1 aliphatic rings. The van der Waals surface area contributed by atoms with Gasteiger partial charge in [0.05, 0.1) is 12.6 Å². The van der Waals surface area contributed by atoms with Crippen LogP contribution in [0.4, 0.5) is 0 Å². The molecule has 2 rings (SSSR count). The van der Waals surface area contributed by atoms with Crippen molar-refractivity contribution in [3.63, 3.8) is 0 Å². The van der Waals surface area contributed by atoms with Gasteiger partial charge < -0.3 is 20.1 Å². The van der Waals surface area contributed by atoms with Crippen molar-refractivity contribution >= 4 is 5.91 Å². The van der Waals surface area contributed by atoms with Crippen LogP contribution >= 0.6 is 0 Å². The summed E-state index contributed by atoms with van der Waals surface area (Å²) in [6.07, 6.45) is 2.19. The lowest BCUT2D eigenvalue weighted by molar-refractivity contribution is -0.131. The van der Waals surface area contributed by atoms with E-state index in [2.05, 4.69) is 5.32 Å². The van der Waals surface area contributed by atoms with Crippen molar-refractivity contribution in [1.82, 2.24) is 10.2 Å². The number of likely N-dealkylation sites (tertiary alicyclic amines) is 1. The molecule has 116 valence electrons. The first-order valence-corrected chi connectivity index (χ1v) is 7.59. The molecule has 0 spiro atoms. The number of carbonyl (C=O) groups excluding carboxylic acids is 1. The number of aromatic hydroxyl groups is 1. The monoisotopic (exact) mass is 292 g/mol. The molecule has 0 aliphatic carbocycles. The van der Waals surface area contributed by atoms with Crippen molar-refractivity contribution in [2.45, 2.75) is 39.3 Å². The van der Waals surface area contributed by atoms with E-state index in [0.717, 1.165) is 31.5 Å². The predicted octanol–water partition coefficient (Wildman–Crippen LogP) is 1.89. The Kier molecular flexibility index (Phi) is 5.44. The van der Waals surface area contributed by atoms with Crippen molar-refractivity contribution in [3.05, 3.63) is 23.8 Å². The Morgan fingerprint density at radius 1 is 1.43 bits per heavy atom. The molecule has 1 fully saturated rings. The van der Waals surface area contributed by atoms with Crippen LogP contribution in [0.25, 0.3) is 0 Å². The number of amides is 1. The predicted molar refractivity (Wildman–Crippen MR) is 81.4 cm³/mol. The summed E-state index contributed by atoms with van der Waals surface area (Å²) in [5.41, 5.74) is 0.738. The lowest BCUT2D eigenvalue weighted by atomic mass is 10.1. The normalized spacial score (nSPS) is 16.0. The van der Waals surface area contributed by atoms with Gasteiger partial charge in [-0.3, -0.25) is 4.79 Å². The van der Waals surface area contributed by atoms with Crippen LogP contribution in [0.2, 0.25) is 0 Å². The van der Waals surface area contributed by atoms with Crippen LogP contribution < -0.4 is 10.1 Å². The molecule has 1 saturated heterocycles. The van der Waals surface area contributed by atoms with Crippen LogP contribution in [0.1, 0.15) is 32.3 Å². The number of hydrogen-bond acceptors (Lipinski definition) is 4. The molecule has 0 saturated carbocycles. The molecule has 0 bridgehead atoms. The van der Waals surface area contributed by atoms with E-state index in [0.29, 0.717) is 18.9 Å². The number of phenols is 1. The summed E-state index contributed by atoms with van der Waals surface area (Å²) in [6, 6.07) is 5.16. The Balaban J connectivity index is 1.93. The van der Waals surface area contributed by atoms with Gasteiger partial charge in [-0.15, -0.1) is 0 Å². The highest BCUT2D eigenvalue weighted by Crippen LogP contribution is 2.29. The highest BCUT2D eigenvalue weighted by Gasteiger charge is 2.23. The number of hydrogen-bond donors (Lipinski definition) is 2. The number of nitrogens with zero attached hydrogens (tertiary/aromatic N) is 1. The van der Waals surface area contributed by atoms with Gasteiger partial charge in [0, 0.05) is 25.2 Å². The number of ether oxygens (including phenoxy) is 1. The largest absolute Gasteiger partial charge is 0.504 e. The van der Waals surface area contributed by atoms with Crippen molar-refractivity contribution in [1.29, 1.82) is 0 Å². The van der Waals surface area contributed by atoms with Crippen LogP contribution in [0.5, 0.6) is 11.5 Å². The maximum Gasteiger partial charge on any atom is 0.239 e. The first-order valence-electron chi connectivity index (χ1n) is 7.59. The smallest absolute Gasteiger partial charge is 0.239 e. The molecule has 1 aromatic carbocycles. The van der Waals surface area contributed by atoms with Gasteiger partial charge in [0.2, 0.25) is 5.91 Å². The van der Waals surface area contributed by atoms with E-state index in [-0.39, 0.29) is 17.7 Å². The lowest BCUT2D eigenvalue weighted by Crippen LogP contribution is -2.43. The van der Waals surface area contributed by atoms with Crippen LogP contribution in [0, 0.1) is 0 Å². The Labute approximate surface area is 125 Å². The molecule has 5 nitrogen and oxygen atoms in total. The minimum Gasteiger partial charge on any atom is -0.504 e. The van der Waals surface area contributed by atoms with Crippen molar-refractivity contribution in [3.8, 4) is 11.5 Å². The van der Waals surface area contributed by atoms with Gasteiger partial charge in [-0.1, -0.05) is 12.1 Å². The molecular weight excluding hydrogens is 268 g/mol. The van der Waals surface area contributed by atoms with E-state index in [1.807, 2.05) is 30.9 Å². The molecular formula is C16H24N2O3. The highest BCUT2D eigenvalue weighted by molar-refractivity contribution is 5.81.